The number of nitrogens with zero attached hydrogens (tertiary/aromatic N) is 3. The van der Waals surface area contributed by atoms with Gasteiger partial charge < -0.3 is 19.3 Å². The van der Waals surface area contributed by atoms with Gasteiger partial charge in [0.2, 0.25) is 11.7 Å². The van der Waals surface area contributed by atoms with Gasteiger partial charge in [0.05, 0.1) is 5.92 Å². The van der Waals surface area contributed by atoms with Gasteiger partial charge in [-0.15, -0.1) is 0 Å². The first-order chi connectivity index (χ1) is 13.2. The van der Waals surface area contributed by atoms with Gasteiger partial charge in [0, 0.05) is 50.7 Å². The highest BCUT2D eigenvalue weighted by atomic mass is 79.9. The zero-order valence-electron chi connectivity index (χ0n) is 16.9. The van der Waals surface area contributed by atoms with E-state index in [0.717, 1.165) is 10.3 Å². The van der Waals surface area contributed by atoms with E-state index in [1.165, 1.54) is 0 Å². The highest BCUT2D eigenvalue weighted by Gasteiger charge is 2.48. The Labute approximate surface area is 174 Å². The first kappa shape index (κ1) is 21.0. The van der Waals surface area contributed by atoms with Gasteiger partial charge in [-0.25, -0.2) is 9.78 Å². The van der Waals surface area contributed by atoms with Gasteiger partial charge >= 0.3 is 5.97 Å². The normalized spacial score (nSPS) is 23.1. The zero-order valence-corrected chi connectivity index (χ0v) is 18.4. The Hall–Kier alpha value is -1.67. The predicted molar refractivity (Wildman–Crippen MR) is 109 cm³/mol. The number of ether oxygens (including phenoxy) is 2. The minimum absolute atomic E-state index is 0.0308. The molecule has 2 aliphatic heterocycles. The first-order valence-corrected chi connectivity index (χ1v) is 10.5. The molecule has 0 saturated carbocycles. The minimum atomic E-state index is -0.983. The molecule has 1 amide bonds. The number of halogens is 1. The molecule has 8 heteroatoms. The molecule has 28 heavy (non-hydrogen) atoms. The van der Waals surface area contributed by atoms with Gasteiger partial charge in [-0.2, -0.15) is 0 Å². The summed E-state index contributed by atoms with van der Waals surface area (Å²) in [5, 5.41) is 0. The molecule has 2 saturated heterocycles. The van der Waals surface area contributed by atoms with Crippen molar-refractivity contribution in [2.24, 2.45) is 11.8 Å². The zero-order chi connectivity index (χ0) is 20.5. The molecule has 0 bridgehead atoms. The fourth-order valence-electron chi connectivity index (χ4n) is 3.73. The van der Waals surface area contributed by atoms with Gasteiger partial charge in [0.25, 0.3) is 0 Å². The smallest absolute Gasteiger partial charge is 0.338 e. The molecule has 3 rings (SSSR count). The van der Waals surface area contributed by atoms with Crippen molar-refractivity contribution in [3.8, 4) is 0 Å². The molecule has 0 unspecified atom stereocenters. The number of hydrogen-bond donors (Lipinski definition) is 0. The second-order valence-electron chi connectivity index (χ2n) is 8.24. The summed E-state index contributed by atoms with van der Waals surface area (Å²) in [5.41, 5.74) is 0. The highest BCUT2D eigenvalue weighted by Crippen LogP contribution is 2.32. The van der Waals surface area contributed by atoms with E-state index in [2.05, 4.69) is 25.8 Å². The van der Waals surface area contributed by atoms with E-state index in [0.29, 0.717) is 32.6 Å². The second kappa shape index (κ2) is 8.37. The molecule has 2 fully saturated rings. The summed E-state index contributed by atoms with van der Waals surface area (Å²) in [7, 11) is 0. The molecular formula is C20H28BrN3O4. The summed E-state index contributed by atoms with van der Waals surface area (Å²) in [6, 6.07) is 3.93. The average Bonchev–Trinajstić information content (AvgIpc) is 2.92. The summed E-state index contributed by atoms with van der Waals surface area (Å²) in [4.78, 5) is 34.0. The standard InChI is InChI=1S/C20H28BrN3O4/c1-13(2)11-15(17-19(26)28-20(3,4)27-17)18(25)24-9-7-23(8-10-24)16-6-5-14(21)12-22-16/h5-6,12-13,15,17H,7-11H2,1-4H3/t15-,17-/m0/s1. The molecule has 0 aromatic carbocycles. The summed E-state index contributed by atoms with van der Waals surface area (Å²) < 4.78 is 12.0. The lowest BCUT2D eigenvalue weighted by Gasteiger charge is -2.37. The number of amides is 1. The maximum atomic E-state index is 13.3. The van der Waals surface area contributed by atoms with Crippen molar-refractivity contribution in [3.05, 3.63) is 22.8 Å². The number of hydrogen-bond acceptors (Lipinski definition) is 6. The molecule has 1 aromatic rings. The third-order valence-corrected chi connectivity index (χ3v) is 5.49. The van der Waals surface area contributed by atoms with Crippen LogP contribution in [0.5, 0.6) is 0 Å². The van der Waals surface area contributed by atoms with Crippen molar-refractivity contribution >= 4 is 33.6 Å². The molecule has 1 aromatic heterocycles. The molecule has 154 valence electrons. The molecule has 0 spiro atoms. The van der Waals surface area contributed by atoms with Crippen LogP contribution in [0.1, 0.15) is 34.1 Å². The predicted octanol–water partition coefficient (Wildman–Crippen LogP) is 2.83. The molecule has 3 heterocycles. The van der Waals surface area contributed by atoms with Crippen molar-refractivity contribution in [3.63, 3.8) is 0 Å². The molecular weight excluding hydrogens is 426 g/mol. The summed E-state index contributed by atoms with van der Waals surface area (Å²) in [6.45, 7) is 10.1. The Kier molecular flexibility index (Phi) is 6.29. The van der Waals surface area contributed by atoms with Crippen LogP contribution in [0.3, 0.4) is 0 Å². The SMILES string of the molecule is CC(C)C[C@H](C(=O)N1CCN(c2ccc(Br)cn2)CC1)[C@@H]1OC(C)(C)OC1=O. The molecule has 2 aliphatic rings. The topological polar surface area (TPSA) is 72.0 Å². The number of rotatable bonds is 5. The van der Waals surface area contributed by atoms with Crippen LogP contribution in [0.2, 0.25) is 0 Å². The lowest BCUT2D eigenvalue weighted by atomic mass is 9.90. The number of anilines is 1. The largest absolute Gasteiger partial charge is 0.432 e. The van der Waals surface area contributed by atoms with Crippen LogP contribution in [-0.2, 0) is 19.1 Å². The lowest BCUT2D eigenvalue weighted by molar-refractivity contribution is -0.163. The molecule has 2 atom stereocenters. The number of cyclic esters (lactones) is 1. The average molecular weight is 454 g/mol. The number of aromatic nitrogens is 1. The molecule has 0 N–H and O–H groups in total. The van der Waals surface area contributed by atoms with Crippen LogP contribution in [-0.4, -0.2) is 59.8 Å². The molecule has 0 radical (unpaired) electrons. The fraction of sp³-hybridized carbons (Fsp3) is 0.650. The van der Waals surface area contributed by atoms with E-state index < -0.39 is 23.8 Å². The van der Waals surface area contributed by atoms with E-state index >= 15 is 0 Å². The number of pyridine rings is 1. The van der Waals surface area contributed by atoms with Crippen LogP contribution in [0.15, 0.2) is 22.8 Å². The summed E-state index contributed by atoms with van der Waals surface area (Å²) >= 11 is 3.40. The van der Waals surface area contributed by atoms with Gasteiger partial charge in [-0.1, -0.05) is 13.8 Å². The van der Waals surface area contributed by atoms with Gasteiger partial charge in [-0.05, 0) is 40.4 Å². The van der Waals surface area contributed by atoms with Crippen molar-refractivity contribution in [1.29, 1.82) is 0 Å². The quantitative estimate of drug-likeness (QED) is 0.638. The van der Waals surface area contributed by atoms with E-state index in [-0.39, 0.29) is 11.8 Å². The Balaban J connectivity index is 1.67. The summed E-state index contributed by atoms with van der Waals surface area (Å²) in [5.74, 6) is -0.811. The van der Waals surface area contributed by atoms with Gasteiger partial charge in [0.15, 0.2) is 6.10 Å². The van der Waals surface area contributed by atoms with Crippen molar-refractivity contribution in [2.45, 2.75) is 46.0 Å². The third kappa shape index (κ3) is 4.84. The van der Waals surface area contributed by atoms with Crippen LogP contribution in [0, 0.1) is 11.8 Å². The lowest BCUT2D eigenvalue weighted by Crippen LogP contribution is -2.52. The van der Waals surface area contributed by atoms with Crippen molar-refractivity contribution in [2.75, 3.05) is 31.1 Å². The van der Waals surface area contributed by atoms with Gasteiger partial charge in [-0.3, -0.25) is 4.79 Å². The number of carbonyl (C=O) groups excluding carboxylic acids is 2. The van der Waals surface area contributed by atoms with Crippen LogP contribution in [0.25, 0.3) is 0 Å². The Morgan fingerprint density at radius 1 is 1.29 bits per heavy atom. The van der Waals surface area contributed by atoms with Crippen LogP contribution >= 0.6 is 15.9 Å². The summed E-state index contributed by atoms with van der Waals surface area (Å²) in [6.07, 6.45) is 1.52. The van der Waals surface area contributed by atoms with Crippen molar-refractivity contribution < 1.29 is 19.1 Å². The number of carbonyl (C=O) groups is 2. The fourth-order valence-corrected chi connectivity index (χ4v) is 3.97. The Morgan fingerprint density at radius 3 is 2.46 bits per heavy atom. The van der Waals surface area contributed by atoms with Crippen LogP contribution in [0.4, 0.5) is 5.82 Å². The third-order valence-electron chi connectivity index (χ3n) is 5.02. The molecule has 0 aliphatic carbocycles. The monoisotopic (exact) mass is 453 g/mol. The van der Waals surface area contributed by atoms with E-state index in [9.17, 15) is 9.59 Å². The van der Waals surface area contributed by atoms with Crippen LogP contribution < -0.4 is 4.90 Å². The van der Waals surface area contributed by atoms with E-state index in [4.69, 9.17) is 9.47 Å². The van der Waals surface area contributed by atoms with E-state index in [1.807, 2.05) is 30.9 Å². The second-order valence-corrected chi connectivity index (χ2v) is 9.16. The minimum Gasteiger partial charge on any atom is -0.432 e. The number of piperazine rings is 1. The first-order valence-electron chi connectivity index (χ1n) is 9.72. The molecule has 7 nitrogen and oxygen atoms in total. The number of esters is 1. The highest BCUT2D eigenvalue weighted by molar-refractivity contribution is 9.10. The maximum Gasteiger partial charge on any atom is 0.338 e. The van der Waals surface area contributed by atoms with Gasteiger partial charge in [0.1, 0.15) is 5.82 Å². The van der Waals surface area contributed by atoms with E-state index in [1.54, 1.807) is 20.0 Å². The Morgan fingerprint density at radius 2 is 1.96 bits per heavy atom. The Bertz CT molecular complexity index is 715. The maximum absolute atomic E-state index is 13.3. The van der Waals surface area contributed by atoms with Crippen molar-refractivity contribution in [1.82, 2.24) is 9.88 Å².